The SMILES string of the molecule is CCOC(=O)CN(C)C(=O)/C=C/c1ccc([N+](=O)[O-])s1. The summed E-state index contributed by atoms with van der Waals surface area (Å²) in [5.41, 5.74) is 0. The van der Waals surface area contributed by atoms with Gasteiger partial charge in [-0.15, -0.1) is 0 Å². The molecule has 0 unspecified atom stereocenters. The molecule has 0 aliphatic rings. The molecule has 0 saturated heterocycles. The molecule has 1 rings (SSSR count). The van der Waals surface area contributed by atoms with Crippen LogP contribution in [0, 0.1) is 10.1 Å². The van der Waals surface area contributed by atoms with Crippen molar-refractivity contribution >= 4 is 34.3 Å². The number of carbonyl (C=O) groups excluding carboxylic acids is 2. The summed E-state index contributed by atoms with van der Waals surface area (Å²) in [6.07, 6.45) is 2.73. The lowest BCUT2D eigenvalue weighted by Gasteiger charge is -2.13. The monoisotopic (exact) mass is 298 g/mol. The second kappa shape index (κ2) is 7.39. The zero-order chi connectivity index (χ0) is 15.1. The molecule has 108 valence electrons. The van der Waals surface area contributed by atoms with E-state index in [4.69, 9.17) is 4.74 Å². The Bertz CT molecular complexity index is 538. The normalized spacial score (nSPS) is 10.5. The number of likely N-dealkylation sites (N-methyl/N-ethyl adjacent to an activating group) is 1. The number of amides is 1. The van der Waals surface area contributed by atoms with Crippen molar-refractivity contribution in [2.45, 2.75) is 6.92 Å². The lowest BCUT2D eigenvalue weighted by molar-refractivity contribution is -0.380. The minimum atomic E-state index is -0.489. The molecule has 0 aromatic carbocycles. The van der Waals surface area contributed by atoms with E-state index >= 15 is 0 Å². The summed E-state index contributed by atoms with van der Waals surface area (Å²) in [5.74, 6) is -0.863. The Hall–Kier alpha value is -2.22. The van der Waals surface area contributed by atoms with E-state index in [-0.39, 0.29) is 24.1 Å². The Kier molecular flexibility index (Phi) is 5.85. The van der Waals surface area contributed by atoms with E-state index in [0.29, 0.717) is 4.88 Å². The molecular formula is C12H14N2O5S. The standard InChI is InChI=1S/C12H14N2O5S/c1-3-19-12(16)8-13(2)10(15)6-4-9-5-7-11(20-9)14(17)18/h4-7H,3,8H2,1-2H3/b6-4+. The lowest BCUT2D eigenvalue weighted by atomic mass is 10.4. The van der Waals surface area contributed by atoms with Crippen LogP contribution in [0.4, 0.5) is 5.00 Å². The number of nitrogens with zero attached hydrogens (tertiary/aromatic N) is 2. The highest BCUT2D eigenvalue weighted by molar-refractivity contribution is 7.16. The minimum Gasteiger partial charge on any atom is -0.465 e. The van der Waals surface area contributed by atoms with Gasteiger partial charge in [0.1, 0.15) is 6.54 Å². The molecule has 1 aromatic rings. The third-order valence-electron chi connectivity index (χ3n) is 2.23. The second-order valence-corrected chi connectivity index (χ2v) is 4.86. The summed E-state index contributed by atoms with van der Waals surface area (Å²) in [6, 6.07) is 2.93. The van der Waals surface area contributed by atoms with Gasteiger partial charge in [-0.25, -0.2) is 0 Å². The van der Waals surface area contributed by atoms with Crippen molar-refractivity contribution in [1.82, 2.24) is 4.90 Å². The average molecular weight is 298 g/mol. The highest BCUT2D eigenvalue weighted by Crippen LogP contribution is 2.24. The molecular weight excluding hydrogens is 284 g/mol. The molecule has 0 N–H and O–H groups in total. The molecule has 1 aromatic heterocycles. The van der Waals surface area contributed by atoms with Crippen LogP contribution in [0.15, 0.2) is 18.2 Å². The molecule has 0 spiro atoms. The maximum atomic E-state index is 11.7. The van der Waals surface area contributed by atoms with Crippen LogP contribution < -0.4 is 0 Å². The molecule has 0 aliphatic heterocycles. The van der Waals surface area contributed by atoms with E-state index in [1.165, 1.54) is 30.2 Å². The highest BCUT2D eigenvalue weighted by atomic mass is 32.1. The second-order valence-electron chi connectivity index (χ2n) is 3.77. The van der Waals surface area contributed by atoms with Crippen LogP contribution in [0.3, 0.4) is 0 Å². The van der Waals surface area contributed by atoms with Crippen LogP contribution in [-0.4, -0.2) is 41.9 Å². The van der Waals surface area contributed by atoms with Gasteiger partial charge in [-0.05, 0) is 19.1 Å². The van der Waals surface area contributed by atoms with Crippen molar-refractivity contribution in [3.05, 3.63) is 33.2 Å². The average Bonchev–Trinajstić information content (AvgIpc) is 2.85. The van der Waals surface area contributed by atoms with E-state index in [9.17, 15) is 19.7 Å². The molecule has 1 heterocycles. The number of thiophene rings is 1. The first-order valence-electron chi connectivity index (χ1n) is 5.77. The Morgan fingerprint density at radius 3 is 2.75 bits per heavy atom. The Morgan fingerprint density at radius 2 is 2.20 bits per heavy atom. The largest absolute Gasteiger partial charge is 0.465 e. The van der Waals surface area contributed by atoms with Crippen molar-refractivity contribution in [2.75, 3.05) is 20.2 Å². The first-order valence-corrected chi connectivity index (χ1v) is 6.58. The quantitative estimate of drug-likeness (QED) is 0.345. The van der Waals surface area contributed by atoms with Crippen molar-refractivity contribution in [1.29, 1.82) is 0 Å². The van der Waals surface area contributed by atoms with E-state index in [1.54, 1.807) is 13.0 Å². The Labute approximate surface area is 119 Å². The molecule has 0 bridgehead atoms. The van der Waals surface area contributed by atoms with Gasteiger partial charge in [-0.1, -0.05) is 11.3 Å². The van der Waals surface area contributed by atoms with E-state index in [2.05, 4.69) is 0 Å². The maximum Gasteiger partial charge on any atom is 0.325 e. The zero-order valence-corrected chi connectivity index (χ0v) is 11.9. The Balaban J connectivity index is 2.57. The predicted molar refractivity (Wildman–Crippen MR) is 74.3 cm³/mol. The van der Waals surface area contributed by atoms with Gasteiger partial charge >= 0.3 is 11.0 Å². The van der Waals surface area contributed by atoms with Crippen LogP contribution in [-0.2, 0) is 14.3 Å². The van der Waals surface area contributed by atoms with Crippen LogP contribution >= 0.6 is 11.3 Å². The molecule has 0 fully saturated rings. The molecule has 8 heteroatoms. The number of hydrogen-bond donors (Lipinski definition) is 0. The van der Waals surface area contributed by atoms with Crippen molar-refractivity contribution < 1.29 is 19.2 Å². The fraction of sp³-hybridized carbons (Fsp3) is 0.333. The summed E-state index contributed by atoms with van der Waals surface area (Å²) in [6.45, 7) is 1.81. The van der Waals surface area contributed by atoms with Crippen LogP contribution in [0.5, 0.6) is 0 Å². The third-order valence-corrected chi connectivity index (χ3v) is 3.23. The predicted octanol–water partition coefficient (Wildman–Crippen LogP) is 1.69. The summed E-state index contributed by atoms with van der Waals surface area (Å²) < 4.78 is 4.73. The molecule has 1 amide bonds. The molecule has 0 saturated carbocycles. The summed E-state index contributed by atoms with van der Waals surface area (Å²) >= 11 is 0.968. The number of carbonyl (C=O) groups is 2. The number of hydrogen-bond acceptors (Lipinski definition) is 6. The summed E-state index contributed by atoms with van der Waals surface area (Å²) in [5, 5.41) is 10.5. The van der Waals surface area contributed by atoms with Crippen LogP contribution in [0.2, 0.25) is 0 Å². The Morgan fingerprint density at radius 1 is 1.50 bits per heavy atom. The van der Waals surface area contributed by atoms with Crippen molar-refractivity contribution in [2.24, 2.45) is 0 Å². The smallest absolute Gasteiger partial charge is 0.325 e. The highest BCUT2D eigenvalue weighted by Gasteiger charge is 2.12. The topological polar surface area (TPSA) is 89.8 Å². The zero-order valence-electron chi connectivity index (χ0n) is 11.1. The van der Waals surface area contributed by atoms with Gasteiger partial charge in [0.05, 0.1) is 11.5 Å². The molecule has 20 heavy (non-hydrogen) atoms. The molecule has 7 nitrogen and oxygen atoms in total. The third kappa shape index (κ3) is 4.81. The van der Waals surface area contributed by atoms with Crippen molar-refractivity contribution in [3.8, 4) is 0 Å². The number of rotatable bonds is 6. The number of nitro groups is 1. The summed E-state index contributed by atoms with van der Waals surface area (Å²) in [7, 11) is 1.47. The maximum absolute atomic E-state index is 11.7. The van der Waals surface area contributed by atoms with E-state index < -0.39 is 10.9 Å². The van der Waals surface area contributed by atoms with Gasteiger partial charge in [-0.2, -0.15) is 0 Å². The first kappa shape index (κ1) is 15.8. The molecule has 0 radical (unpaired) electrons. The first-order chi connectivity index (χ1) is 9.43. The van der Waals surface area contributed by atoms with E-state index in [0.717, 1.165) is 11.3 Å². The fourth-order valence-electron chi connectivity index (χ4n) is 1.29. The van der Waals surface area contributed by atoms with Crippen molar-refractivity contribution in [3.63, 3.8) is 0 Å². The number of ether oxygens (including phenoxy) is 1. The molecule has 0 atom stereocenters. The van der Waals surface area contributed by atoms with Crippen LogP contribution in [0.1, 0.15) is 11.8 Å². The van der Waals surface area contributed by atoms with Gasteiger partial charge in [-0.3, -0.25) is 19.7 Å². The van der Waals surface area contributed by atoms with Gasteiger partial charge in [0.15, 0.2) is 0 Å². The summed E-state index contributed by atoms with van der Waals surface area (Å²) in [4.78, 5) is 34.7. The van der Waals surface area contributed by atoms with E-state index in [1.807, 2.05) is 0 Å². The van der Waals surface area contributed by atoms with Gasteiger partial charge in [0.25, 0.3) is 0 Å². The fourth-order valence-corrected chi connectivity index (χ4v) is 2.01. The minimum absolute atomic E-state index is 0.0111. The lowest BCUT2D eigenvalue weighted by Crippen LogP contribution is -2.31. The molecule has 0 aliphatic carbocycles. The van der Waals surface area contributed by atoms with Gasteiger partial charge in [0.2, 0.25) is 5.91 Å². The van der Waals surface area contributed by atoms with Gasteiger partial charge in [0, 0.05) is 24.1 Å². The van der Waals surface area contributed by atoms with Gasteiger partial charge < -0.3 is 9.64 Å². The van der Waals surface area contributed by atoms with Crippen LogP contribution in [0.25, 0.3) is 6.08 Å². The number of esters is 1.